The first-order valence-corrected chi connectivity index (χ1v) is 5.52. The zero-order chi connectivity index (χ0) is 11.5. The predicted molar refractivity (Wildman–Crippen MR) is 67.4 cm³/mol. The summed E-state index contributed by atoms with van der Waals surface area (Å²) in [7, 11) is 0. The molecule has 0 atom stereocenters. The monoisotopic (exact) mass is 279 g/mol. The summed E-state index contributed by atoms with van der Waals surface area (Å²) in [5.41, 5.74) is 4.34. The molecule has 0 spiro atoms. The summed E-state index contributed by atoms with van der Waals surface area (Å²) in [6.07, 6.45) is 3.47. The van der Waals surface area contributed by atoms with Crippen LogP contribution in [0.3, 0.4) is 0 Å². The second-order valence-corrected chi connectivity index (χ2v) is 4.28. The lowest BCUT2D eigenvalue weighted by molar-refractivity contribution is -0.118. The van der Waals surface area contributed by atoms with Gasteiger partial charge in [-0.05, 0) is 18.2 Å². The third-order valence-corrected chi connectivity index (χ3v) is 2.59. The Labute approximate surface area is 101 Å². The second kappa shape index (κ2) is 4.49. The van der Waals surface area contributed by atoms with Gasteiger partial charge in [0.2, 0.25) is 5.91 Å². The van der Waals surface area contributed by atoms with Crippen molar-refractivity contribution in [2.45, 2.75) is 6.92 Å². The summed E-state index contributed by atoms with van der Waals surface area (Å²) in [6, 6.07) is 5.95. The molecule has 0 saturated heterocycles. The van der Waals surface area contributed by atoms with Gasteiger partial charge in [-0.15, -0.1) is 0 Å². The fraction of sp³-hybridized carbons (Fsp3) is 0.0909. The predicted octanol–water partition coefficient (Wildman–Crippen LogP) is 2.40. The van der Waals surface area contributed by atoms with Crippen molar-refractivity contribution in [1.82, 2.24) is 10.4 Å². The lowest BCUT2D eigenvalue weighted by Crippen LogP contribution is -2.12. The smallest absolute Gasteiger partial charge is 0.236 e. The van der Waals surface area contributed by atoms with Crippen LogP contribution in [0.15, 0.2) is 34.0 Å². The quantitative estimate of drug-likeness (QED) is 0.644. The largest absolute Gasteiger partial charge is 0.361 e. The number of aromatic nitrogens is 1. The number of nitrogens with one attached hydrogen (secondary N) is 2. The molecule has 0 saturated carbocycles. The van der Waals surface area contributed by atoms with Crippen LogP contribution in [0.1, 0.15) is 12.5 Å². The molecule has 1 aromatic heterocycles. The van der Waals surface area contributed by atoms with Crippen molar-refractivity contribution in [3.05, 3.63) is 34.4 Å². The molecule has 0 radical (unpaired) electrons. The average molecular weight is 280 g/mol. The van der Waals surface area contributed by atoms with Crippen molar-refractivity contribution in [2.24, 2.45) is 5.10 Å². The number of rotatable bonds is 2. The molecule has 0 aliphatic carbocycles. The Hall–Kier alpha value is -1.62. The molecule has 1 heterocycles. The minimum absolute atomic E-state index is 0.183. The Morgan fingerprint density at radius 1 is 1.56 bits per heavy atom. The molecule has 82 valence electrons. The molecule has 0 fully saturated rings. The van der Waals surface area contributed by atoms with E-state index in [1.165, 1.54) is 6.92 Å². The Morgan fingerprint density at radius 2 is 2.38 bits per heavy atom. The van der Waals surface area contributed by atoms with E-state index in [1.54, 1.807) is 6.21 Å². The summed E-state index contributed by atoms with van der Waals surface area (Å²) >= 11 is 3.41. The van der Waals surface area contributed by atoms with Gasteiger partial charge in [0.1, 0.15) is 0 Å². The molecule has 0 bridgehead atoms. The molecule has 1 amide bonds. The number of carbonyl (C=O) groups excluding carboxylic acids is 1. The van der Waals surface area contributed by atoms with Gasteiger partial charge in [-0.3, -0.25) is 4.79 Å². The van der Waals surface area contributed by atoms with E-state index in [0.717, 1.165) is 20.9 Å². The van der Waals surface area contributed by atoms with Crippen LogP contribution in [0.4, 0.5) is 0 Å². The number of halogens is 1. The first-order valence-electron chi connectivity index (χ1n) is 4.73. The molecular formula is C11H10BrN3O. The van der Waals surface area contributed by atoms with Crippen LogP contribution >= 0.6 is 15.9 Å². The lowest BCUT2D eigenvalue weighted by Gasteiger charge is -1.94. The third kappa shape index (κ3) is 2.30. The molecule has 0 unspecified atom stereocenters. The number of benzene rings is 1. The SMILES string of the molecule is CC(=O)N/N=C\c1c[nH]c2ccc(Br)cc12. The van der Waals surface area contributed by atoms with Crippen molar-refractivity contribution < 1.29 is 4.79 Å². The van der Waals surface area contributed by atoms with Gasteiger partial charge in [0.15, 0.2) is 0 Å². The van der Waals surface area contributed by atoms with Gasteiger partial charge in [-0.1, -0.05) is 15.9 Å². The minimum Gasteiger partial charge on any atom is -0.361 e. The Balaban J connectivity index is 2.34. The molecule has 1 aromatic carbocycles. The number of hydrogen-bond acceptors (Lipinski definition) is 2. The van der Waals surface area contributed by atoms with Crippen molar-refractivity contribution >= 4 is 39.0 Å². The number of amides is 1. The highest BCUT2D eigenvalue weighted by molar-refractivity contribution is 9.10. The van der Waals surface area contributed by atoms with E-state index in [-0.39, 0.29) is 5.91 Å². The Morgan fingerprint density at radius 3 is 3.12 bits per heavy atom. The standard InChI is InChI=1S/C11H10BrN3O/c1-7(16)15-14-6-8-5-13-11-3-2-9(12)4-10(8)11/h2-6,13H,1H3,(H,15,16)/b14-6-. The number of nitrogens with zero attached hydrogens (tertiary/aromatic N) is 1. The van der Waals surface area contributed by atoms with Crippen LogP contribution in [-0.2, 0) is 4.79 Å². The first kappa shape index (κ1) is 10.9. The summed E-state index contributed by atoms with van der Waals surface area (Å²) in [5.74, 6) is -0.183. The van der Waals surface area contributed by atoms with Gasteiger partial charge >= 0.3 is 0 Å². The van der Waals surface area contributed by atoms with E-state index in [2.05, 4.69) is 31.4 Å². The highest BCUT2D eigenvalue weighted by Crippen LogP contribution is 2.21. The summed E-state index contributed by atoms with van der Waals surface area (Å²) in [6.45, 7) is 1.42. The zero-order valence-electron chi connectivity index (χ0n) is 8.62. The highest BCUT2D eigenvalue weighted by atomic mass is 79.9. The summed E-state index contributed by atoms with van der Waals surface area (Å²) in [5, 5.41) is 4.89. The van der Waals surface area contributed by atoms with Crippen LogP contribution in [0.25, 0.3) is 10.9 Å². The van der Waals surface area contributed by atoms with Gasteiger partial charge in [-0.2, -0.15) is 5.10 Å². The Bertz CT molecular complexity index is 559. The first-order chi connectivity index (χ1) is 7.66. The molecule has 2 rings (SSSR count). The summed E-state index contributed by atoms with van der Waals surface area (Å²) in [4.78, 5) is 13.8. The molecule has 2 N–H and O–H groups in total. The van der Waals surface area contributed by atoms with Crippen LogP contribution in [0, 0.1) is 0 Å². The molecular weight excluding hydrogens is 270 g/mol. The van der Waals surface area contributed by atoms with Crippen LogP contribution in [-0.4, -0.2) is 17.1 Å². The van der Waals surface area contributed by atoms with Crippen LogP contribution < -0.4 is 5.43 Å². The van der Waals surface area contributed by atoms with Gasteiger partial charge < -0.3 is 4.98 Å². The van der Waals surface area contributed by atoms with E-state index < -0.39 is 0 Å². The van der Waals surface area contributed by atoms with Crippen LogP contribution in [0.2, 0.25) is 0 Å². The maximum atomic E-state index is 10.6. The van der Waals surface area contributed by atoms with E-state index in [9.17, 15) is 4.79 Å². The Kier molecular flexibility index (Phi) is 3.05. The topological polar surface area (TPSA) is 57.2 Å². The van der Waals surface area contributed by atoms with E-state index in [4.69, 9.17) is 0 Å². The van der Waals surface area contributed by atoms with Gasteiger partial charge in [-0.25, -0.2) is 5.43 Å². The number of hydrogen-bond donors (Lipinski definition) is 2. The highest BCUT2D eigenvalue weighted by Gasteiger charge is 2.01. The fourth-order valence-corrected chi connectivity index (χ4v) is 1.78. The number of hydrazone groups is 1. The molecule has 4 nitrogen and oxygen atoms in total. The average Bonchev–Trinajstić information content (AvgIpc) is 2.60. The molecule has 0 aliphatic heterocycles. The number of carbonyl (C=O) groups is 1. The van der Waals surface area contributed by atoms with Crippen molar-refractivity contribution in [3.8, 4) is 0 Å². The van der Waals surface area contributed by atoms with Gasteiger partial charge in [0.05, 0.1) is 6.21 Å². The zero-order valence-corrected chi connectivity index (χ0v) is 10.2. The molecule has 16 heavy (non-hydrogen) atoms. The maximum Gasteiger partial charge on any atom is 0.236 e. The molecule has 2 aromatic rings. The van der Waals surface area contributed by atoms with Crippen LogP contribution in [0.5, 0.6) is 0 Å². The van der Waals surface area contributed by atoms with E-state index in [0.29, 0.717) is 0 Å². The van der Waals surface area contributed by atoms with Crippen molar-refractivity contribution in [3.63, 3.8) is 0 Å². The minimum atomic E-state index is -0.183. The number of aromatic amines is 1. The number of fused-ring (bicyclic) bond motifs is 1. The fourth-order valence-electron chi connectivity index (χ4n) is 1.41. The van der Waals surface area contributed by atoms with Gasteiger partial charge in [0, 0.05) is 34.1 Å². The van der Waals surface area contributed by atoms with Gasteiger partial charge in [0.25, 0.3) is 0 Å². The molecule has 0 aliphatic rings. The van der Waals surface area contributed by atoms with E-state index >= 15 is 0 Å². The van der Waals surface area contributed by atoms with E-state index in [1.807, 2.05) is 24.4 Å². The maximum absolute atomic E-state index is 10.6. The second-order valence-electron chi connectivity index (χ2n) is 3.36. The lowest BCUT2D eigenvalue weighted by atomic mass is 10.2. The molecule has 5 heteroatoms. The summed E-state index contributed by atoms with van der Waals surface area (Å²) < 4.78 is 1.01. The normalized spacial score (nSPS) is 11.1. The third-order valence-electron chi connectivity index (χ3n) is 2.10. The van der Waals surface area contributed by atoms with Crippen molar-refractivity contribution in [2.75, 3.05) is 0 Å². The number of H-pyrrole nitrogens is 1. The van der Waals surface area contributed by atoms with Crippen molar-refractivity contribution in [1.29, 1.82) is 0 Å².